The molecule has 1 aliphatic carbocycles. The summed E-state index contributed by atoms with van der Waals surface area (Å²) in [6, 6.07) is 3.54. The van der Waals surface area contributed by atoms with Gasteiger partial charge in [0.05, 0.1) is 0 Å². The zero-order valence-electron chi connectivity index (χ0n) is 14.8. The Balaban J connectivity index is 1.47. The quantitative estimate of drug-likeness (QED) is 0.909. The lowest BCUT2D eigenvalue weighted by Crippen LogP contribution is -2.39. The molecular weight excluding hydrogens is 332 g/mol. The zero-order valence-corrected chi connectivity index (χ0v) is 14.8. The van der Waals surface area contributed by atoms with Gasteiger partial charge in [0.15, 0.2) is 5.69 Å². The van der Waals surface area contributed by atoms with Crippen LogP contribution in [0.2, 0.25) is 0 Å². The fourth-order valence-electron chi connectivity index (χ4n) is 3.63. The third-order valence-corrected chi connectivity index (χ3v) is 5.12. The molecule has 7 heteroatoms. The maximum absolute atomic E-state index is 12.7. The van der Waals surface area contributed by atoms with E-state index in [-0.39, 0.29) is 17.9 Å². The first-order chi connectivity index (χ1) is 12.6. The summed E-state index contributed by atoms with van der Waals surface area (Å²) in [6.07, 6.45) is 5.74. The minimum Gasteiger partial charge on any atom is -0.360 e. The molecule has 4 rings (SSSR count). The van der Waals surface area contributed by atoms with Crippen LogP contribution in [0.4, 0.5) is 0 Å². The van der Waals surface area contributed by atoms with Gasteiger partial charge in [0, 0.05) is 37.3 Å². The molecule has 1 unspecified atom stereocenters. The molecule has 1 fully saturated rings. The molecule has 0 saturated carbocycles. The highest BCUT2D eigenvalue weighted by Gasteiger charge is 2.32. The van der Waals surface area contributed by atoms with Gasteiger partial charge in [-0.15, -0.1) is 0 Å². The molecule has 2 amide bonds. The molecule has 1 aliphatic heterocycles. The van der Waals surface area contributed by atoms with Gasteiger partial charge in [-0.1, -0.05) is 11.2 Å². The van der Waals surface area contributed by atoms with Gasteiger partial charge in [-0.2, -0.15) is 0 Å². The number of aryl methyl sites for hydroxylation is 2. The first-order valence-corrected chi connectivity index (χ1v) is 9.12. The number of carbonyl (C=O) groups is 2. The third-order valence-electron chi connectivity index (χ3n) is 5.12. The number of likely N-dealkylation sites (tertiary alicyclic amines) is 1. The number of rotatable bonds is 3. The Morgan fingerprint density at radius 3 is 2.81 bits per heavy atom. The maximum atomic E-state index is 12.7. The first kappa shape index (κ1) is 16.8. The molecule has 2 aromatic rings. The maximum Gasteiger partial charge on any atom is 0.276 e. The molecule has 0 spiro atoms. The summed E-state index contributed by atoms with van der Waals surface area (Å²) in [5.74, 6) is 0.522. The van der Waals surface area contributed by atoms with Crippen LogP contribution in [0.5, 0.6) is 0 Å². The fraction of sp³-hybridized carbons (Fsp3) is 0.474. The first-order valence-electron chi connectivity index (χ1n) is 9.12. The molecule has 1 saturated heterocycles. The van der Waals surface area contributed by atoms with Gasteiger partial charge < -0.3 is 14.7 Å². The minimum atomic E-state index is -0.192. The van der Waals surface area contributed by atoms with Gasteiger partial charge in [-0.25, -0.2) is 0 Å². The normalized spacial score (nSPS) is 19.3. The summed E-state index contributed by atoms with van der Waals surface area (Å²) < 4.78 is 5.40. The van der Waals surface area contributed by atoms with Gasteiger partial charge in [0.25, 0.3) is 11.8 Å². The van der Waals surface area contributed by atoms with Crippen LogP contribution >= 0.6 is 0 Å². The van der Waals surface area contributed by atoms with Crippen molar-refractivity contribution in [3.05, 3.63) is 46.6 Å². The van der Waals surface area contributed by atoms with Crippen LogP contribution in [0.1, 0.15) is 57.1 Å². The number of hydrogen-bond acceptors (Lipinski definition) is 5. The van der Waals surface area contributed by atoms with E-state index in [1.54, 1.807) is 12.3 Å². The van der Waals surface area contributed by atoms with Crippen LogP contribution < -0.4 is 5.32 Å². The lowest BCUT2D eigenvalue weighted by Gasteiger charge is -2.23. The van der Waals surface area contributed by atoms with Crippen molar-refractivity contribution in [2.75, 3.05) is 13.1 Å². The van der Waals surface area contributed by atoms with Crippen molar-refractivity contribution >= 4 is 11.8 Å². The topological polar surface area (TPSA) is 88.3 Å². The molecule has 2 aromatic heterocycles. The predicted molar refractivity (Wildman–Crippen MR) is 93.9 cm³/mol. The Kier molecular flexibility index (Phi) is 4.44. The molecule has 0 bridgehead atoms. The van der Waals surface area contributed by atoms with Crippen LogP contribution in [0.15, 0.2) is 22.9 Å². The molecule has 2 aliphatic rings. The second-order valence-corrected chi connectivity index (χ2v) is 7.07. The number of nitrogens with one attached hydrogen (secondary N) is 1. The van der Waals surface area contributed by atoms with Gasteiger partial charge in [-0.05, 0) is 44.2 Å². The molecule has 0 aromatic carbocycles. The monoisotopic (exact) mass is 354 g/mol. The van der Waals surface area contributed by atoms with E-state index in [9.17, 15) is 9.59 Å². The Hall–Kier alpha value is -2.70. The molecule has 0 radical (unpaired) electrons. The van der Waals surface area contributed by atoms with E-state index in [1.165, 1.54) is 0 Å². The molecular formula is C19H22N4O3. The molecule has 7 nitrogen and oxygen atoms in total. The average molecular weight is 354 g/mol. The highest BCUT2D eigenvalue weighted by molar-refractivity contribution is 5.94. The van der Waals surface area contributed by atoms with E-state index >= 15 is 0 Å². The number of carbonyl (C=O) groups excluding carboxylic acids is 2. The van der Waals surface area contributed by atoms with Crippen LogP contribution in [0.3, 0.4) is 0 Å². The van der Waals surface area contributed by atoms with Crippen molar-refractivity contribution < 1.29 is 14.1 Å². The van der Waals surface area contributed by atoms with Gasteiger partial charge in [0.2, 0.25) is 0 Å². The summed E-state index contributed by atoms with van der Waals surface area (Å²) in [4.78, 5) is 31.1. The summed E-state index contributed by atoms with van der Waals surface area (Å²) >= 11 is 0. The Morgan fingerprint density at radius 1 is 1.27 bits per heavy atom. The average Bonchev–Trinajstić information content (AvgIpc) is 3.31. The fourth-order valence-corrected chi connectivity index (χ4v) is 3.63. The second kappa shape index (κ2) is 6.90. The number of fused-ring (bicyclic) bond motifs is 1. The van der Waals surface area contributed by atoms with Gasteiger partial charge in [0.1, 0.15) is 11.5 Å². The Bertz CT molecular complexity index is 822. The number of hydrogen-bond donors (Lipinski definition) is 1. The van der Waals surface area contributed by atoms with Gasteiger partial charge >= 0.3 is 0 Å². The number of nitrogens with zero attached hydrogens (tertiary/aromatic N) is 3. The smallest absolute Gasteiger partial charge is 0.276 e. The lowest BCUT2D eigenvalue weighted by atomic mass is 9.91. The standard InChI is InChI=1S/C19H22N4O3/c1-12-4-6-15(20-11-12)18(24)21-13-5-7-16-14(10-13)17(22-26-16)19(25)23-8-2-3-9-23/h4,6,11,13H,2-3,5,7-10H2,1H3,(H,21,24). The van der Waals surface area contributed by atoms with Crippen molar-refractivity contribution in [2.24, 2.45) is 0 Å². The minimum absolute atomic E-state index is 0.0531. The lowest BCUT2D eigenvalue weighted by molar-refractivity contribution is 0.0781. The van der Waals surface area contributed by atoms with E-state index in [1.807, 2.05) is 17.9 Å². The third kappa shape index (κ3) is 3.21. The van der Waals surface area contributed by atoms with Crippen LogP contribution in [0, 0.1) is 6.92 Å². The SMILES string of the molecule is Cc1ccc(C(=O)NC2CCc3onc(C(=O)N4CCCC4)c3C2)nc1. The van der Waals surface area contributed by atoms with Crippen molar-refractivity contribution in [3.8, 4) is 0 Å². The number of aromatic nitrogens is 2. The summed E-state index contributed by atoms with van der Waals surface area (Å²) in [5.41, 5.74) is 2.67. The summed E-state index contributed by atoms with van der Waals surface area (Å²) in [6.45, 7) is 3.49. The summed E-state index contributed by atoms with van der Waals surface area (Å²) in [5, 5.41) is 7.06. The van der Waals surface area contributed by atoms with Crippen molar-refractivity contribution in [3.63, 3.8) is 0 Å². The van der Waals surface area contributed by atoms with E-state index in [2.05, 4.69) is 15.5 Å². The number of pyridine rings is 1. The van der Waals surface area contributed by atoms with Crippen LogP contribution in [-0.4, -0.2) is 46.0 Å². The second-order valence-electron chi connectivity index (χ2n) is 7.07. The van der Waals surface area contributed by atoms with E-state index in [0.717, 1.165) is 49.2 Å². The van der Waals surface area contributed by atoms with Crippen molar-refractivity contribution in [2.45, 2.75) is 45.1 Å². The summed E-state index contributed by atoms with van der Waals surface area (Å²) in [7, 11) is 0. The highest BCUT2D eigenvalue weighted by atomic mass is 16.5. The van der Waals surface area contributed by atoms with Crippen molar-refractivity contribution in [1.82, 2.24) is 20.4 Å². The highest BCUT2D eigenvalue weighted by Crippen LogP contribution is 2.26. The Labute approximate surface area is 151 Å². The molecule has 1 atom stereocenters. The van der Waals surface area contributed by atoms with E-state index in [4.69, 9.17) is 4.52 Å². The molecule has 3 heterocycles. The van der Waals surface area contributed by atoms with E-state index < -0.39 is 0 Å². The van der Waals surface area contributed by atoms with Gasteiger partial charge in [-0.3, -0.25) is 14.6 Å². The Morgan fingerprint density at radius 2 is 2.08 bits per heavy atom. The van der Waals surface area contributed by atoms with Crippen LogP contribution in [-0.2, 0) is 12.8 Å². The van der Waals surface area contributed by atoms with E-state index in [0.29, 0.717) is 24.2 Å². The van der Waals surface area contributed by atoms with Crippen LogP contribution in [0.25, 0.3) is 0 Å². The zero-order chi connectivity index (χ0) is 18.1. The predicted octanol–water partition coefficient (Wildman–Crippen LogP) is 1.90. The molecule has 136 valence electrons. The molecule has 1 N–H and O–H groups in total. The number of amides is 2. The largest absolute Gasteiger partial charge is 0.360 e. The molecule has 26 heavy (non-hydrogen) atoms. The van der Waals surface area contributed by atoms with Crippen molar-refractivity contribution in [1.29, 1.82) is 0 Å².